The number of rotatable bonds is 6. The zero-order valence-electron chi connectivity index (χ0n) is 43.8. The van der Waals surface area contributed by atoms with E-state index in [0.717, 1.165) is 111 Å². The highest BCUT2D eigenvalue weighted by Gasteiger charge is 2.52. The predicted octanol–water partition coefficient (Wildman–Crippen LogP) is 18.9. The van der Waals surface area contributed by atoms with Gasteiger partial charge in [-0.1, -0.05) is 170 Å². The van der Waals surface area contributed by atoms with Crippen LogP contribution in [0.15, 0.2) is 265 Å². The average Bonchev–Trinajstić information content (AvgIpc) is 4.08. The maximum Gasteiger partial charge on any atom is 0.134 e. The molecule has 2 spiro atoms. The van der Waals surface area contributed by atoms with Gasteiger partial charge in [0.15, 0.2) is 0 Å². The molecule has 0 saturated carbocycles. The van der Waals surface area contributed by atoms with Gasteiger partial charge in [0.25, 0.3) is 0 Å². The van der Waals surface area contributed by atoms with Crippen molar-refractivity contribution in [2.75, 3.05) is 0 Å². The fourth-order valence-electron chi connectivity index (χ4n) is 13.7. The largest absolute Gasteiger partial charge is 0.457 e. The number of hydrogen-bond acceptors (Lipinski definition) is 7. The number of nitrogens with zero attached hydrogens (tertiary/aromatic N) is 3. The van der Waals surface area contributed by atoms with Gasteiger partial charge in [-0.15, -0.1) is 21.5 Å². The minimum absolute atomic E-state index is 0.491. The van der Waals surface area contributed by atoms with Crippen molar-refractivity contribution >= 4 is 11.3 Å². The van der Waals surface area contributed by atoms with Gasteiger partial charge in [-0.05, 0) is 152 Å². The third-order valence-electron chi connectivity index (χ3n) is 17.3. The Bertz CT molecular complexity index is 4740. The monoisotopic (exact) mass is 1070 g/mol. The number of aromatic nitrogens is 2. The Balaban J connectivity index is 0.670. The van der Waals surface area contributed by atoms with Crippen LogP contribution in [-0.4, -0.2) is 10.2 Å². The molecule has 13 aromatic rings. The summed E-state index contributed by atoms with van der Waals surface area (Å²) in [6, 6.07) is 94.2. The summed E-state index contributed by atoms with van der Waals surface area (Å²) < 4.78 is 20.2. The van der Waals surface area contributed by atoms with E-state index in [1.807, 2.05) is 36.4 Å². The molecule has 3 aromatic heterocycles. The van der Waals surface area contributed by atoms with Crippen molar-refractivity contribution < 1.29 is 13.9 Å². The van der Waals surface area contributed by atoms with Gasteiger partial charge >= 0.3 is 0 Å². The number of hydrogen-bond donors (Lipinski definition) is 0. The third kappa shape index (κ3) is 6.61. The summed E-state index contributed by atoms with van der Waals surface area (Å²) in [5.74, 6) is 4.80. The van der Waals surface area contributed by atoms with Gasteiger partial charge in [0.1, 0.15) is 40.2 Å². The summed E-state index contributed by atoms with van der Waals surface area (Å²) in [5.41, 5.74) is 21.6. The SMILES string of the molecule is N#Cc1ccc(-c2ccc(-c3ccc4c(c3)Oc3ccc(-c5ccc(-c6ccc(-c7ccc(-c8ccc9c(c8)Oc8ccccc8C98c9ccccc9-c9ccccc98)s7)nn6)cc5)cc3C43c4ccccc4-c4ccccc43)o2)cc1. The van der Waals surface area contributed by atoms with E-state index in [-0.39, 0.29) is 0 Å². The lowest BCUT2D eigenvalue weighted by Crippen LogP contribution is -2.32. The van der Waals surface area contributed by atoms with E-state index in [1.165, 1.54) is 44.5 Å². The molecule has 0 unspecified atom stereocenters. The van der Waals surface area contributed by atoms with Crippen LogP contribution in [-0.2, 0) is 10.8 Å². The van der Waals surface area contributed by atoms with Crippen molar-refractivity contribution in [3.05, 3.63) is 311 Å². The molecule has 6 nitrogen and oxygen atoms in total. The summed E-state index contributed by atoms with van der Waals surface area (Å²) in [5, 5.41) is 18.9. The molecule has 10 aromatic carbocycles. The number of benzene rings is 10. The van der Waals surface area contributed by atoms with Crippen molar-refractivity contribution in [3.8, 4) is 117 Å². The van der Waals surface area contributed by atoms with Crippen LogP contribution in [0.4, 0.5) is 0 Å². The van der Waals surface area contributed by atoms with E-state index in [1.54, 1.807) is 11.3 Å². The average molecular weight is 1070 g/mol. The molecule has 0 radical (unpaired) electrons. The smallest absolute Gasteiger partial charge is 0.134 e. The first-order valence-electron chi connectivity index (χ1n) is 27.5. The molecule has 2 aliphatic heterocycles. The van der Waals surface area contributed by atoms with Gasteiger partial charge in [-0.2, -0.15) is 5.26 Å². The molecule has 0 saturated heterocycles. The van der Waals surface area contributed by atoms with E-state index in [4.69, 9.17) is 24.1 Å². The molecule has 0 amide bonds. The second-order valence-electron chi connectivity index (χ2n) is 21.4. The molecular weight excluding hydrogens is 1020 g/mol. The number of nitriles is 1. The number of fused-ring (bicyclic) bond motifs is 18. The van der Waals surface area contributed by atoms with Crippen LogP contribution in [0.1, 0.15) is 50.1 Å². The number of thiophene rings is 1. The van der Waals surface area contributed by atoms with Gasteiger partial charge in [0, 0.05) is 43.8 Å². The summed E-state index contributed by atoms with van der Waals surface area (Å²) in [6.07, 6.45) is 0. The quantitative estimate of drug-likeness (QED) is 0.165. The first kappa shape index (κ1) is 46.3. The van der Waals surface area contributed by atoms with E-state index >= 15 is 0 Å². The van der Waals surface area contributed by atoms with E-state index < -0.39 is 10.8 Å². The van der Waals surface area contributed by atoms with E-state index in [9.17, 15) is 5.26 Å². The van der Waals surface area contributed by atoms with Gasteiger partial charge in [-0.25, -0.2) is 0 Å². The molecular formula is C75H43N3O3S. The summed E-state index contributed by atoms with van der Waals surface area (Å²) in [6.45, 7) is 0. The Kier molecular flexibility index (Phi) is 9.98. The Hall–Kier alpha value is -10.7. The molecule has 0 fully saturated rings. The molecule has 0 bridgehead atoms. The maximum atomic E-state index is 9.34. The molecule has 0 N–H and O–H groups in total. The lowest BCUT2D eigenvalue weighted by molar-refractivity contribution is 0.436. The molecule has 382 valence electrons. The van der Waals surface area contributed by atoms with Crippen LogP contribution in [0.5, 0.6) is 23.0 Å². The van der Waals surface area contributed by atoms with Crippen LogP contribution in [0.2, 0.25) is 0 Å². The maximum absolute atomic E-state index is 9.34. The first-order chi connectivity index (χ1) is 40.5. The minimum Gasteiger partial charge on any atom is -0.457 e. The summed E-state index contributed by atoms with van der Waals surface area (Å²) in [4.78, 5) is 2.17. The minimum atomic E-state index is -0.649. The fourth-order valence-corrected chi connectivity index (χ4v) is 14.7. The molecule has 4 aliphatic rings. The van der Waals surface area contributed by atoms with Crippen LogP contribution in [0, 0.1) is 11.3 Å². The van der Waals surface area contributed by atoms with Crippen molar-refractivity contribution in [2.24, 2.45) is 0 Å². The zero-order chi connectivity index (χ0) is 54.1. The Morgan fingerprint density at radius 1 is 0.317 bits per heavy atom. The van der Waals surface area contributed by atoms with Gasteiger partial charge in [0.2, 0.25) is 0 Å². The highest BCUT2D eigenvalue weighted by Crippen LogP contribution is 2.64. The second-order valence-corrected chi connectivity index (χ2v) is 22.5. The van der Waals surface area contributed by atoms with Gasteiger partial charge < -0.3 is 13.9 Å². The standard InChI is InChI=1S/C75H43N3O3S/c76-44-45-21-23-48(24-22-45)66-37-38-67(79-66)50-29-32-62-70(42-50)81-69-36-31-49(41-63(69)75(62)58-17-7-3-13-54(58)55-14-4-8-18-59(55)75)46-25-27-47(28-26-46)64-34-35-65(78-77-64)73-40-39-72(82-73)51-30-33-61-71(43-51)80-68-20-10-9-19-60(68)74(61)56-15-5-1-11-52(56)53-12-2-6-16-57(53)74/h1-43H. The molecule has 0 atom stereocenters. The van der Waals surface area contributed by atoms with Crippen LogP contribution < -0.4 is 9.47 Å². The van der Waals surface area contributed by atoms with Crippen LogP contribution in [0.25, 0.3) is 88.3 Å². The molecule has 7 heteroatoms. The Morgan fingerprint density at radius 3 is 1.38 bits per heavy atom. The highest BCUT2D eigenvalue weighted by molar-refractivity contribution is 7.18. The molecule has 5 heterocycles. The third-order valence-corrected chi connectivity index (χ3v) is 18.5. The summed E-state index contributed by atoms with van der Waals surface area (Å²) >= 11 is 1.71. The van der Waals surface area contributed by atoms with Crippen LogP contribution in [0.3, 0.4) is 0 Å². The van der Waals surface area contributed by atoms with Crippen molar-refractivity contribution in [1.82, 2.24) is 10.2 Å². The lowest BCUT2D eigenvalue weighted by atomic mass is 9.65. The van der Waals surface area contributed by atoms with Crippen molar-refractivity contribution in [1.29, 1.82) is 5.26 Å². The van der Waals surface area contributed by atoms with Gasteiger partial charge in [-0.3, -0.25) is 0 Å². The fraction of sp³-hybridized carbons (Fsp3) is 0.0267. The van der Waals surface area contributed by atoms with E-state index in [2.05, 4.69) is 231 Å². The van der Waals surface area contributed by atoms with Crippen LogP contribution >= 0.6 is 11.3 Å². The molecule has 17 rings (SSSR count). The second kappa shape index (κ2) is 17.7. The van der Waals surface area contributed by atoms with Crippen molar-refractivity contribution in [3.63, 3.8) is 0 Å². The molecule has 82 heavy (non-hydrogen) atoms. The van der Waals surface area contributed by atoms with E-state index in [0.29, 0.717) is 5.56 Å². The predicted molar refractivity (Wildman–Crippen MR) is 324 cm³/mol. The lowest BCUT2D eigenvalue weighted by Gasteiger charge is -2.39. The number of furan rings is 1. The van der Waals surface area contributed by atoms with Crippen molar-refractivity contribution in [2.45, 2.75) is 10.8 Å². The first-order valence-corrected chi connectivity index (χ1v) is 28.3. The zero-order valence-corrected chi connectivity index (χ0v) is 44.6. The normalized spacial score (nSPS) is 13.7. The topological polar surface area (TPSA) is 81.2 Å². The number of ether oxygens (including phenoxy) is 2. The molecule has 2 aliphatic carbocycles. The Labute approximate surface area is 477 Å². The highest BCUT2D eigenvalue weighted by atomic mass is 32.1. The summed E-state index contributed by atoms with van der Waals surface area (Å²) in [7, 11) is 0. The number of para-hydroxylation sites is 1. The Morgan fingerprint density at radius 2 is 0.768 bits per heavy atom. The van der Waals surface area contributed by atoms with Gasteiger partial charge in [0.05, 0.1) is 33.0 Å².